The summed E-state index contributed by atoms with van der Waals surface area (Å²) >= 11 is 8.99. The molecule has 0 fully saturated rings. The molecule has 0 saturated heterocycles. The van der Waals surface area contributed by atoms with Crippen LogP contribution in [0.2, 0.25) is 0 Å². The fourth-order valence-electron chi connectivity index (χ4n) is 3.02. The van der Waals surface area contributed by atoms with Gasteiger partial charge < -0.3 is 9.80 Å². The molecule has 1 heterocycles. The third kappa shape index (κ3) is 6.41. The van der Waals surface area contributed by atoms with Crippen LogP contribution in [0, 0.1) is 11.6 Å². The first-order chi connectivity index (χ1) is 12.9. The molecule has 8 heteroatoms. The Morgan fingerprint density at radius 3 is 1.30 bits per heavy atom. The number of benzene rings is 2. The summed E-state index contributed by atoms with van der Waals surface area (Å²) in [6, 6.07) is 13.1. The molecule has 3 rings (SSSR count). The fraction of sp³-hybridized carbons (Fsp3) is 0.263. The zero-order valence-electron chi connectivity index (χ0n) is 14.8. The van der Waals surface area contributed by atoms with Gasteiger partial charge in [-0.05, 0) is 62.4 Å². The summed E-state index contributed by atoms with van der Waals surface area (Å²) in [5.74, 6) is -0.489. The molecular formula is C19H20AuBr3F2N2. The average molecular weight is 751 g/mol. The molecule has 2 aromatic rings. The Morgan fingerprint density at radius 1 is 0.741 bits per heavy atom. The first-order valence-corrected chi connectivity index (χ1v) is 22.4. The van der Waals surface area contributed by atoms with Crippen LogP contribution < -0.4 is 0 Å². The van der Waals surface area contributed by atoms with Gasteiger partial charge in [0, 0.05) is 24.2 Å². The van der Waals surface area contributed by atoms with Gasteiger partial charge in [0.2, 0.25) is 0 Å². The van der Waals surface area contributed by atoms with Gasteiger partial charge in [0.25, 0.3) is 0 Å². The van der Waals surface area contributed by atoms with E-state index in [9.17, 15) is 8.78 Å². The minimum absolute atomic E-state index is 0.244. The van der Waals surface area contributed by atoms with Gasteiger partial charge in [-0.1, -0.05) is 0 Å². The van der Waals surface area contributed by atoms with E-state index in [0.717, 1.165) is 42.3 Å². The predicted molar refractivity (Wildman–Crippen MR) is 116 cm³/mol. The van der Waals surface area contributed by atoms with Gasteiger partial charge in [-0.2, -0.15) is 0 Å². The van der Waals surface area contributed by atoms with Crippen molar-refractivity contribution in [3.05, 3.63) is 71.3 Å². The first-order valence-electron chi connectivity index (χ1n) is 8.24. The van der Waals surface area contributed by atoms with E-state index in [1.54, 1.807) is 24.3 Å². The quantitative estimate of drug-likeness (QED) is 0.313. The van der Waals surface area contributed by atoms with Crippen molar-refractivity contribution in [2.45, 2.75) is 13.8 Å². The van der Waals surface area contributed by atoms with Crippen LogP contribution in [0.15, 0.2) is 48.5 Å². The predicted octanol–water partition coefficient (Wildman–Crippen LogP) is 6.94. The van der Waals surface area contributed by atoms with Gasteiger partial charge in [-0.25, -0.2) is 8.78 Å². The summed E-state index contributed by atoms with van der Waals surface area (Å²) in [7, 11) is 0. The van der Waals surface area contributed by atoms with Crippen LogP contribution in [0.25, 0.3) is 11.4 Å². The van der Waals surface area contributed by atoms with Crippen molar-refractivity contribution in [1.29, 1.82) is 0 Å². The zero-order chi connectivity index (χ0) is 20.0. The Balaban J connectivity index is 0.000000596. The zero-order valence-corrected chi connectivity index (χ0v) is 21.8. The molecule has 1 aliphatic rings. The van der Waals surface area contributed by atoms with E-state index in [1.165, 1.54) is 24.3 Å². The second-order valence-electron chi connectivity index (χ2n) is 5.69. The number of rotatable bonds is 4. The minimum atomic E-state index is -0.766. The van der Waals surface area contributed by atoms with Crippen LogP contribution in [0.4, 0.5) is 8.78 Å². The molecule has 1 aliphatic heterocycles. The van der Waals surface area contributed by atoms with Crippen LogP contribution in [-0.2, 0) is 12.0 Å². The molecule has 27 heavy (non-hydrogen) atoms. The molecular weight excluding hydrogens is 731 g/mol. The van der Waals surface area contributed by atoms with Crippen molar-refractivity contribution in [3.63, 3.8) is 0 Å². The van der Waals surface area contributed by atoms with Crippen LogP contribution in [0.1, 0.15) is 25.0 Å². The summed E-state index contributed by atoms with van der Waals surface area (Å²) < 4.78 is 26.6. The number of nitrogens with zero attached hydrogens (tertiary/aromatic N) is 2. The van der Waals surface area contributed by atoms with Gasteiger partial charge in [0.15, 0.2) is 0 Å². The van der Waals surface area contributed by atoms with Crippen LogP contribution in [0.5, 0.6) is 0 Å². The van der Waals surface area contributed by atoms with Gasteiger partial charge in [-0.3, -0.25) is 0 Å². The summed E-state index contributed by atoms with van der Waals surface area (Å²) in [4.78, 5) is 4.52. The topological polar surface area (TPSA) is 6.48 Å². The van der Waals surface area contributed by atoms with Crippen LogP contribution in [0.3, 0.4) is 0 Å². The fourth-order valence-corrected chi connectivity index (χ4v) is 3.02. The van der Waals surface area contributed by atoms with Crippen molar-refractivity contribution in [1.82, 2.24) is 9.80 Å². The van der Waals surface area contributed by atoms with E-state index in [4.69, 9.17) is 0 Å². The van der Waals surface area contributed by atoms with E-state index in [-0.39, 0.29) is 11.6 Å². The van der Waals surface area contributed by atoms with Crippen molar-refractivity contribution in [2.24, 2.45) is 0 Å². The Labute approximate surface area is 184 Å². The monoisotopic (exact) mass is 748 g/mol. The average Bonchev–Trinajstić information content (AvgIpc) is 3.01. The molecule has 0 radical (unpaired) electrons. The Kier molecular flexibility index (Phi) is 9.52. The molecule has 0 atom stereocenters. The van der Waals surface area contributed by atoms with Crippen molar-refractivity contribution >= 4 is 50.5 Å². The SMILES string of the molecule is CCN1CN(CC)C(c2ccc(F)cc2)=C1c1ccc(F)cc1.[Br][Au]([Br])[Br]. The molecule has 0 unspecified atom stereocenters. The molecule has 0 spiro atoms. The first kappa shape index (κ1) is 23.1. The van der Waals surface area contributed by atoms with Crippen LogP contribution in [-0.4, -0.2) is 29.6 Å². The summed E-state index contributed by atoms with van der Waals surface area (Å²) in [6.07, 6.45) is 0. The number of halogens is 5. The van der Waals surface area contributed by atoms with Crippen molar-refractivity contribution in [2.75, 3.05) is 19.8 Å². The maximum absolute atomic E-state index is 13.3. The van der Waals surface area contributed by atoms with Crippen molar-refractivity contribution < 1.29 is 20.8 Å². The van der Waals surface area contributed by atoms with E-state index in [0.29, 0.717) is 0 Å². The van der Waals surface area contributed by atoms with Gasteiger partial charge in [0.05, 0.1) is 18.1 Å². The maximum atomic E-state index is 13.3. The standard InChI is InChI=1S/C19H20F2N2.Au.3BrH/c1-3-22-13-23(4-2)19(15-7-11-17(21)12-8-15)18(22)14-5-9-16(20)10-6-14;;;;/h5-12H,3-4,13H2,1-2H3;;3*1H/q;+3;;;/p-3. The van der Waals surface area contributed by atoms with E-state index < -0.39 is 12.0 Å². The van der Waals surface area contributed by atoms with Gasteiger partial charge >= 0.3 is 51.1 Å². The van der Waals surface area contributed by atoms with Crippen molar-refractivity contribution in [3.8, 4) is 0 Å². The number of hydrogen-bond acceptors (Lipinski definition) is 2. The van der Waals surface area contributed by atoms with E-state index >= 15 is 0 Å². The molecule has 0 N–H and O–H groups in total. The normalized spacial score (nSPS) is 14.3. The second-order valence-corrected chi connectivity index (χ2v) is 34.1. The molecule has 2 aromatic carbocycles. The molecule has 0 aromatic heterocycles. The molecule has 0 amide bonds. The summed E-state index contributed by atoms with van der Waals surface area (Å²) in [5, 5.41) is 0. The van der Waals surface area contributed by atoms with Gasteiger partial charge in [-0.15, -0.1) is 0 Å². The Hall–Kier alpha value is -0.180. The van der Waals surface area contributed by atoms with E-state index in [2.05, 4.69) is 62.7 Å². The number of hydrogen-bond donors (Lipinski definition) is 0. The Morgan fingerprint density at radius 2 is 1.04 bits per heavy atom. The van der Waals surface area contributed by atoms with Gasteiger partial charge in [0.1, 0.15) is 11.6 Å². The summed E-state index contributed by atoms with van der Waals surface area (Å²) in [6.45, 7) is 6.70. The molecule has 0 saturated carbocycles. The molecule has 0 bridgehead atoms. The van der Waals surface area contributed by atoms with E-state index in [1.807, 2.05) is 0 Å². The molecule has 0 aliphatic carbocycles. The Bertz CT molecular complexity index is 703. The molecule has 152 valence electrons. The third-order valence-corrected chi connectivity index (χ3v) is 4.20. The van der Waals surface area contributed by atoms with Crippen LogP contribution >= 0.6 is 39.1 Å². The second kappa shape index (κ2) is 11.1. The third-order valence-electron chi connectivity index (χ3n) is 4.20. The molecule has 2 nitrogen and oxygen atoms in total. The summed E-state index contributed by atoms with van der Waals surface area (Å²) in [5.41, 5.74) is 4.09.